The molecule has 0 aromatic heterocycles. The first-order valence-corrected chi connectivity index (χ1v) is 8.06. The Morgan fingerprint density at radius 3 is 2.14 bits per heavy atom. The number of hydrogen-bond acceptors (Lipinski definition) is 4. The zero-order valence-electron chi connectivity index (χ0n) is 13.8. The van der Waals surface area contributed by atoms with Gasteiger partial charge in [0.15, 0.2) is 0 Å². The lowest BCUT2D eigenvalue weighted by Gasteiger charge is -2.12. The highest BCUT2D eigenvalue weighted by atomic mass is 16.5. The summed E-state index contributed by atoms with van der Waals surface area (Å²) in [6.07, 6.45) is 3.76. The van der Waals surface area contributed by atoms with Gasteiger partial charge in [-0.2, -0.15) is 0 Å². The monoisotopic (exact) mass is 306 g/mol. The molecule has 1 aromatic carbocycles. The molecule has 0 fully saturated rings. The van der Waals surface area contributed by atoms with E-state index < -0.39 is 11.9 Å². The van der Waals surface area contributed by atoms with Crippen LogP contribution in [0.1, 0.15) is 67.2 Å². The van der Waals surface area contributed by atoms with Crippen LogP contribution in [-0.2, 0) is 9.47 Å². The van der Waals surface area contributed by atoms with Crippen molar-refractivity contribution >= 4 is 11.9 Å². The minimum Gasteiger partial charge on any atom is -0.462 e. The van der Waals surface area contributed by atoms with E-state index in [9.17, 15) is 9.59 Å². The van der Waals surface area contributed by atoms with Gasteiger partial charge in [0.25, 0.3) is 0 Å². The van der Waals surface area contributed by atoms with Crippen LogP contribution in [0.4, 0.5) is 0 Å². The molecule has 0 aliphatic carbocycles. The summed E-state index contributed by atoms with van der Waals surface area (Å²) in [6.45, 7) is 7.00. The summed E-state index contributed by atoms with van der Waals surface area (Å²) in [5.74, 6) is -0.413. The summed E-state index contributed by atoms with van der Waals surface area (Å²) in [5, 5.41) is 0. The van der Waals surface area contributed by atoms with Gasteiger partial charge in [-0.25, -0.2) is 9.59 Å². The van der Waals surface area contributed by atoms with Crippen molar-refractivity contribution in [1.82, 2.24) is 0 Å². The molecule has 0 bridgehead atoms. The molecule has 0 saturated carbocycles. The highest BCUT2D eigenvalue weighted by Crippen LogP contribution is 2.12. The Labute approximate surface area is 132 Å². The molecule has 122 valence electrons. The van der Waals surface area contributed by atoms with Gasteiger partial charge in [0.05, 0.1) is 24.3 Å². The molecule has 0 N–H and O–H groups in total. The molecule has 0 amide bonds. The van der Waals surface area contributed by atoms with Crippen LogP contribution in [0.2, 0.25) is 0 Å². The summed E-state index contributed by atoms with van der Waals surface area (Å²) < 4.78 is 10.5. The number of carbonyl (C=O) groups excluding carboxylic acids is 2. The largest absolute Gasteiger partial charge is 0.462 e. The van der Waals surface area contributed by atoms with Crippen LogP contribution in [0.3, 0.4) is 0 Å². The summed E-state index contributed by atoms with van der Waals surface area (Å²) >= 11 is 0. The number of hydrogen-bond donors (Lipinski definition) is 0. The van der Waals surface area contributed by atoms with Crippen LogP contribution in [0.15, 0.2) is 24.3 Å². The maximum Gasteiger partial charge on any atom is 0.338 e. The van der Waals surface area contributed by atoms with Gasteiger partial charge in [-0.15, -0.1) is 0 Å². The molecule has 0 unspecified atom stereocenters. The van der Waals surface area contributed by atoms with Crippen LogP contribution >= 0.6 is 0 Å². The lowest BCUT2D eigenvalue weighted by Crippen LogP contribution is -2.14. The van der Waals surface area contributed by atoms with Crippen molar-refractivity contribution in [2.24, 2.45) is 5.92 Å². The molecule has 4 nitrogen and oxygen atoms in total. The number of esters is 2. The molecule has 0 aliphatic rings. The lowest BCUT2D eigenvalue weighted by atomic mass is 10.1. The summed E-state index contributed by atoms with van der Waals surface area (Å²) in [7, 11) is 0. The second-order valence-corrected chi connectivity index (χ2v) is 5.35. The fourth-order valence-corrected chi connectivity index (χ4v) is 1.97. The molecule has 0 saturated heterocycles. The van der Waals surface area contributed by atoms with Crippen LogP contribution < -0.4 is 0 Å². The molecular weight excluding hydrogens is 280 g/mol. The standard InChI is InChI=1S/C18H26O4/c1-4-7-11-21-17(19)15-9-8-10-16(12-15)18(20)22-13-14(5-2)6-3/h8-10,12,14H,4-7,11,13H2,1-3H3. The Kier molecular flexibility index (Phi) is 8.26. The fourth-order valence-electron chi connectivity index (χ4n) is 1.97. The van der Waals surface area contributed by atoms with Gasteiger partial charge in [-0.3, -0.25) is 0 Å². The van der Waals surface area contributed by atoms with E-state index in [0.29, 0.717) is 30.3 Å². The van der Waals surface area contributed by atoms with Gasteiger partial charge < -0.3 is 9.47 Å². The second-order valence-electron chi connectivity index (χ2n) is 5.35. The first kappa shape index (κ1) is 18.2. The van der Waals surface area contributed by atoms with Gasteiger partial charge in [0.2, 0.25) is 0 Å². The van der Waals surface area contributed by atoms with Crippen molar-refractivity contribution in [2.75, 3.05) is 13.2 Å². The molecule has 22 heavy (non-hydrogen) atoms. The second kappa shape index (κ2) is 9.98. The van der Waals surface area contributed by atoms with Crippen LogP contribution in [0.25, 0.3) is 0 Å². The molecule has 0 radical (unpaired) electrons. The SMILES string of the molecule is CCCCOC(=O)c1cccc(C(=O)OCC(CC)CC)c1. The first-order chi connectivity index (χ1) is 10.6. The Hall–Kier alpha value is -1.84. The number of rotatable bonds is 9. The van der Waals surface area contributed by atoms with Crippen molar-refractivity contribution in [3.8, 4) is 0 Å². The highest BCUT2D eigenvalue weighted by Gasteiger charge is 2.14. The van der Waals surface area contributed by atoms with Gasteiger partial charge in [0.1, 0.15) is 0 Å². The molecule has 0 aliphatic heterocycles. The maximum atomic E-state index is 12.0. The lowest BCUT2D eigenvalue weighted by molar-refractivity contribution is 0.0433. The van der Waals surface area contributed by atoms with Crippen molar-refractivity contribution < 1.29 is 19.1 Å². The van der Waals surface area contributed by atoms with E-state index in [1.165, 1.54) is 6.07 Å². The summed E-state index contributed by atoms with van der Waals surface area (Å²) in [4.78, 5) is 23.9. The van der Waals surface area contributed by atoms with Gasteiger partial charge >= 0.3 is 11.9 Å². The van der Waals surface area contributed by atoms with E-state index in [1.54, 1.807) is 18.2 Å². The van der Waals surface area contributed by atoms with E-state index in [1.807, 2.05) is 6.92 Å². The zero-order chi connectivity index (χ0) is 16.4. The predicted octanol–water partition coefficient (Wildman–Crippen LogP) is 4.24. The first-order valence-electron chi connectivity index (χ1n) is 8.06. The third-order valence-corrected chi connectivity index (χ3v) is 3.67. The Balaban J connectivity index is 2.62. The number of carbonyl (C=O) groups is 2. The number of benzene rings is 1. The van der Waals surface area contributed by atoms with E-state index in [0.717, 1.165) is 25.7 Å². The minimum absolute atomic E-state index is 0.381. The third kappa shape index (κ3) is 5.88. The van der Waals surface area contributed by atoms with E-state index >= 15 is 0 Å². The third-order valence-electron chi connectivity index (χ3n) is 3.67. The van der Waals surface area contributed by atoms with Crippen molar-refractivity contribution in [1.29, 1.82) is 0 Å². The van der Waals surface area contributed by atoms with Gasteiger partial charge in [0, 0.05) is 0 Å². The normalized spacial score (nSPS) is 10.5. The molecule has 1 rings (SSSR count). The quantitative estimate of drug-likeness (QED) is 0.506. The fraction of sp³-hybridized carbons (Fsp3) is 0.556. The number of unbranched alkanes of at least 4 members (excludes halogenated alkanes) is 1. The maximum absolute atomic E-state index is 12.0. The molecule has 0 heterocycles. The smallest absolute Gasteiger partial charge is 0.338 e. The average molecular weight is 306 g/mol. The Morgan fingerprint density at radius 2 is 1.59 bits per heavy atom. The predicted molar refractivity (Wildman–Crippen MR) is 86.0 cm³/mol. The average Bonchev–Trinajstić information content (AvgIpc) is 2.55. The topological polar surface area (TPSA) is 52.6 Å². The summed E-state index contributed by atoms with van der Waals surface area (Å²) in [5.41, 5.74) is 0.768. The van der Waals surface area contributed by atoms with E-state index in [2.05, 4.69) is 13.8 Å². The zero-order valence-corrected chi connectivity index (χ0v) is 13.8. The van der Waals surface area contributed by atoms with Crippen molar-refractivity contribution in [3.05, 3.63) is 35.4 Å². The molecule has 0 atom stereocenters. The minimum atomic E-state index is -0.400. The van der Waals surface area contributed by atoms with Gasteiger partial charge in [-0.1, -0.05) is 46.1 Å². The molecule has 1 aromatic rings. The number of ether oxygens (including phenoxy) is 2. The van der Waals surface area contributed by atoms with Crippen LogP contribution in [-0.4, -0.2) is 25.2 Å². The molecule has 0 spiro atoms. The van der Waals surface area contributed by atoms with Crippen LogP contribution in [0, 0.1) is 5.92 Å². The van der Waals surface area contributed by atoms with Gasteiger partial charge in [-0.05, 0) is 30.5 Å². The van der Waals surface area contributed by atoms with Crippen molar-refractivity contribution in [3.63, 3.8) is 0 Å². The highest BCUT2D eigenvalue weighted by molar-refractivity contribution is 5.95. The molecule has 4 heteroatoms. The van der Waals surface area contributed by atoms with Crippen molar-refractivity contribution in [2.45, 2.75) is 46.5 Å². The Morgan fingerprint density at radius 1 is 1.00 bits per heavy atom. The van der Waals surface area contributed by atoms with Crippen LogP contribution in [0.5, 0.6) is 0 Å². The van der Waals surface area contributed by atoms with E-state index in [4.69, 9.17) is 9.47 Å². The summed E-state index contributed by atoms with van der Waals surface area (Å²) in [6, 6.07) is 6.50. The Bertz CT molecular complexity index is 478. The van der Waals surface area contributed by atoms with E-state index in [-0.39, 0.29) is 0 Å². The molecular formula is C18H26O4.